The summed E-state index contributed by atoms with van der Waals surface area (Å²) in [5.74, 6) is -0.858. The van der Waals surface area contributed by atoms with Gasteiger partial charge in [0.05, 0.1) is 10.6 Å². The van der Waals surface area contributed by atoms with Crippen LogP contribution in [0.3, 0.4) is 0 Å². The second-order valence-corrected chi connectivity index (χ2v) is 12.4. The first kappa shape index (κ1) is 30.7. The molecule has 0 aromatic heterocycles. The summed E-state index contributed by atoms with van der Waals surface area (Å²) in [6, 6.07) is 19.4. The summed E-state index contributed by atoms with van der Waals surface area (Å²) in [6.45, 7) is 5.54. The zero-order valence-corrected chi connectivity index (χ0v) is 25.4. The second-order valence-electron chi connectivity index (χ2n) is 9.24. The number of nitrogens with zero attached hydrogens (tertiary/aromatic N) is 2. The number of benzene rings is 3. The van der Waals surface area contributed by atoms with Crippen LogP contribution >= 0.6 is 27.5 Å². The number of carbonyl (C=O) groups excluding carboxylic acids is 2. The molecule has 1 atom stereocenters. The number of nitrogens with one attached hydrogen (secondary N) is 1. The number of rotatable bonds is 12. The molecule has 0 spiro atoms. The first-order valence-electron chi connectivity index (χ1n) is 12.7. The third-order valence-electron chi connectivity index (χ3n) is 6.28. The van der Waals surface area contributed by atoms with Gasteiger partial charge in [-0.15, -0.1) is 0 Å². The zero-order valence-electron chi connectivity index (χ0n) is 22.2. The Morgan fingerprint density at radius 3 is 2.36 bits per heavy atom. The predicted octanol–water partition coefficient (Wildman–Crippen LogP) is 5.94. The SMILES string of the molecule is CCCCNC(=O)C(C)N(Cc1ccccc1Cl)C(=O)CN(c1cccc(Br)c1)S(=O)(=O)c1ccc(C)cc1. The van der Waals surface area contributed by atoms with E-state index in [1.165, 1.54) is 17.0 Å². The van der Waals surface area contributed by atoms with E-state index in [4.69, 9.17) is 11.6 Å². The minimum Gasteiger partial charge on any atom is -0.354 e. The van der Waals surface area contributed by atoms with Crippen LogP contribution in [-0.4, -0.2) is 44.3 Å². The van der Waals surface area contributed by atoms with Crippen molar-refractivity contribution in [2.45, 2.75) is 51.1 Å². The number of carbonyl (C=O) groups is 2. The third kappa shape index (κ3) is 8.06. The molecule has 39 heavy (non-hydrogen) atoms. The van der Waals surface area contributed by atoms with E-state index in [0.717, 1.165) is 22.7 Å². The van der Waals surface area contributed by atoms with Crippen LogP contribution in [0.25, 0.3) is 0 Å². The van der Waals surface area contributed by atoms with Gasteiger partial charge in [-0.05, 0) is 62.2 Å². The summed E-state index contributed by atoms with van der Waals surface area (Å²) in [4.78, 5) is 28.4. The fraction of sp³-hybridized carbons (Fsp3) is 0.310. The molecule has 0 fully saturated rings. The lowest BCUT2D eigenvalue weighted by molar-refractivity contribution is -0.139. The molecule has 208 valence electrons. The van der Waals surface area contributed by atoms with Crippen LogP contribution in [0.1, 0.15) is 37.8 Å². The number of hydrogen-bond acceptors (Lipinski definition) is 4. The van der Waals surface area contributed by atoms with Gasteiger partial charge >= 0.3 is 0 Å². The van der Waals surface area contributed by atoms with Crippen LogP contribution < -0.4 is 9.62 Å². The summed E-state index contributed by atoms with van der Waals surface area (Å²) in [5.41, 5.74) is 1.88. The van der Waals surface area contributed by atoms with Crippen LogP contribution in [0.5, 0.6) is 0 Å². The number of amides is 2. The molecule has 10 heteroatoms. The first-order chi connectivity index (χ1) is 18.5. The molecule has 0 aliphatic carbocycles. The second kappa shape index (κ2) is 14.0. The van der Waals surface area contributed by atoms with Crippen molar-refractivity contribution < 1.29 is 18.0 Å². The summed E-state index contributed by atoms with van der Waals surface area (Å²) >= 11 is 9.79. The molecule has 0 saturated carbocycles. The van der Waals surface area contributed by atoms with Gasteiger partial charge in [-0.1, -0.05) is 82.8 Å². The molecular formula is C29H33BrClN3O4S. The van der Waals surface area contributed by atoms with Crippen molar-refractivity contribution >= 4 is 55.1 Å². The van der Waals surface area contributed by atoms with Crippen LogP contribution in [0.2, 0.25) is 5.02 Å². The number of anilines is 1. The summed E-state index contributed by atoms with van der Waals surface area (Å²) in [6.07, 6.45) is 1.72. The average Bonchev–Trinajstić information content (AvgIpc) is 2.91. The molecule has 0 radical (unpaired) electrons. The minimum absolute atomic E-state index is 0.0395. The fourth-order valence-electron chi connectivity index (χ4n) is 3.93. The van der Waals surface area contributed by atoms with Crippen LogP contribution in [0, 0.1) is 6.92 Å². The molecule has 1 N–H and O–H groups in total. The van der Waals surface area contributed by atoms with Gasteiger partial charge in [0.2, 0.25) is 11.8 Å². The highest BCUT2D eigenvalue weighted by Crippen LogP contribution is 2.27. The van der Waals surface area contributed by atoms with Crippen molar-refractivity contribution in [2.24, 2.45) is 0 Å². The van der Waals surface area contributed by atoms with Crippen molar-refractivity contribution in [3.8, 4) is 0 Å². The van der Waals surface area contributed by atoms with Gasteiger partial charge in [-0.25, -0.2) is 8.42 Å². The Balaban J connectivity index is 2.01. The molecule has 0 aliphatic rings. The predicted molar refractivity (Wildman–Crippen MR) is 159 cm³/mol. The molecule has 2 amide bonds. The maximum atomic E-state index is 13.9. The number of sulfonamides is 1. The highest BCUT2D eigenvalue weighted by molar-refractivity contribution is 9.10. The van der Waals surface area contributed by atoms with Gasteiger partial charge in [-0.2, -0.15) is 0 Å². The first-order valence-corrected chi connectivity index (χ1v) is 15.3. The Bertz CT molecular complexity index is 1400. The zero-order chi connectivity index (χ0) is 28.6. The molecule has 3 aromatic rings. The lowest BCUT2D eigenvalue weighted by atomic mass is 10.1. The van der Waals surface area contributed by atoms with Gasteiger partial charge in [0, 0.05) is 22.6 Å². The number of aryl methyl sites for hydroxylation is 1. The molecule has 0 saturated heterocycles. The molecule has 3 rings (SSSR count). The monoisotopic (exact) mass is 633 g/mol. The fourth-order valence-corrected chi connectivity index (χ4v) is 5.91. The van der Waals surface area contributed by atoms with Crippen molar-refractivity contribution in [1.29, 1.82) is 0 Å². The smallest absolute Gasteiger partial charge is 0.264 e. The largest absolute Gasteiger partial charge is 0.354 e. The average molecular weight is 635 g/mol. The van der Waals surface area contributed by atoms with E-state index in [-0.39, 0.29) is 17.3 Å². The van der Waals surface area contributed by atoms with E-state index in [1.54, 1.807) is 67.6 Å². The van der Waals surface area contributed by atoms with Crippen LogP contribution in [0.4, 0.5) is 5.69 Å². The van der Waals surface area contributed by atoms with Crippen LogP contribution in [-0.2, 0) is 26.2 Å². The Labute approximate surface area is 244 Å². The topological polar surface area (TPSA) is 86.8 Å². The summed E-state index contributed by atoms with van der Waals surface area (Å²) in [7, 11) is -4.12. The van der Waals surface area contributed by atoms with Gasteiger partial charge in [0.1, 0.15) is 12.6 Å². The summed E-state index contributed by atoms with van der Waals surface area (Å²) < 4.78 is 29.4. The lowest BCUT2D eigenvalue weighted by Gasteiger charge is -2.32. The molecule has 7 nitrogen and oxygen atoms in total. The Morgan fingerprint density at radius 1 is 1.03 bits per heavy atom. The standard InChI is InChI=1S/C29H33BrClN3O4S/c1-4-5-17-32-29(36)22(3)33(19-23-9-6-7-12-27(23)31)28(35)20-34(25-11-8-10-24(30)18-25)39(37,38)26-15-13-21(2)14-16-26/h6-16,18,22H,4-5,17,19-20H2,1-3H3,(H,32,36). The quantitative estimate of drug-likeness (QED) is 0.250. The normalized spacial score (nSPS) is 12.0. The molecule has 0 heterocycles. The molecule has 1 unspecified atom stereocenters. The van der Waals surface area contributed by atoms with Crippen LogP contribution in [0.15, 0.2) is 82.2 Å². The molecule has 3 aromatic carbocycles. The lowest BCUT2D eigenvalue weighted by Crippen LogP contribution is -2.51. The highest BCUT2D eigenvalue weighted by atomic mass is 79.9. The summed E-state index contributed by atoms with van der Waals surface area (Å²) in [5, 5.41) is 3.32. The van der Waals surface area contributed by atoms with Crippen molar-refractivity contribution in [1.82, 2.24) is 10.2 Å². The van der Waals surface area contributed by atoms with E-state index < -0.39 is 28.5 Å². The Hall–Kier alpha value is -2.88. The Kier molecular flexibility index (Phi) is 11.0. The van der Waals surface area contributed by atoms with E-state index in [9.17, 15) is 18.0 Å². The van der Waals surface area contributed by atoms with Gasteiger partial charge < -0.3 is 10.2 Å². The van der Waals surface area contributed by atoms with E-state index in [1.807, 2.05) is 13.8 Å². The van der Waals surface area contributed by atoms with Crippen molar-refractivity contribution in [2.75, 3.05) is 17.4 Å². The van der Waals surface area contributed by atoms with Gasteiger partial charge in [0.15, 0.2) is 0 Å². The molecule has 0 bridgehead atoms. The minimum atomic E-state index is -4.12. The Morgan fingerprint density at radius 2 is 1.72 bits per heavy atom. The third-order valence-corrected chi connectivity index (χ3v) is 8.93. The number of halogens is 2. The van der Waals surface area contributed by atoms with E-state index in [2.05, 4.69) is 21.2 Å². The van der Waals surface area contributed by atoms with E-state index in [0.29, 0.717) is 27.3 Å². The highest BCUT2D eigenvalue weighted by Gasteiger charge is 2.32. The molecular weight excluding hydrogens is 602 g/mol. The van der Waals surface area contributed by atoms with Crippen molar-refractivity contribution in [3.63, 3.8) is 0 Å². The van der Waals surface area contributed by atoms with Crippen molar-refractivity contribution in [3.05, 3.63) is 93.4 Å². The maximum Gasteiger partial charge on any atom is 0.264 e. The maximum absolute atomic E-state index is 13.9. The molecule has 0 aliphatic heterocycles. The number of hydrogen-bond donors (Lipinski definition) is 1. The van der Waals surface area contributed by atoms with E-state index >= 15 is 0 Å². The van der Waals surface area contributed by atoms with Gasteiger partial charge in [0.25, 0.3) is 10.0 Å². The number of unbranched alkanes of at least 4 members (excludes halogenated alkanes) is 1. The van der Waals surface area contributed by atoms with Gasteiger partial charge in [-0.3, -0.25) is 13.9 Å².